The van der Waals surface area contributed by atoms with Gasteiger partial charge in [-0.05, 0) is 18.2 Å². The molecule has 0 unspecified atom stereocenters. The van der Waals surface area contributed by atoms with Crippen molar-refractivity contribution >= 4 is 33.9 Å². The number of benzene rings is 2. The van der Waals surface area contributed by atoms with E-state index in [2.05, 4.69) is 10.3 Å². The molecule has 0 saturated carbocycles. The van der Waals surface area contributed by atoms with Gasteiger partial charge in [-0.25, -0.2) is 9.37 Å². The largest absolute Gasteiger partial charge is 0.480 e. The number of aliphatic carboxylic acids is 1. The number of hydrogen-bond donors (Lipinski definition) is 2. The molecule has 0 aliphatic heterocycles. The fourth-order valence-corrected chi connectivity index (χ4v) is 2.60. The topological polar surface area (TPSA) is 65.5 Å². The van der Waals surface area contributed by atoms with Crippen molar-refractivity contribution in [2.75, 3.05) is 23.8 Å². The fourth-order valence-electron chi connectivity index (χ4n) is 2.60. The number of rotatable bonds is 5. The Morgan fingerprint density at radius 3 is 2.67 bits per heavy atom. The molecule has 2 aromatic carbocycles. The number of carbonyl (C=O) groups is 1. The van der Waals surface area contributed by atoms with Crippen LogP contribution in [0.4, 0.5) is 21.6 Å². The molecule has 0 radical (unpaired) electrons. The standard InChI is InChI=1S/C18H16FN3O2/c1-22(11-16(23)24)18-13-8-5-9-14(19)17(13)15(10-20-18)21-12-6-3-2-4-7-12/h2-10,21H,11H2,1H3,(H,23,24). The molecule has 1 aromatic heterocycles. The molecule has 3 aromatic rings. The molecule has 0 atom stereocenters. The number of likely N-dealkylation sites (N-methyl/N-ethyl adjacent to an activating group) is 1. The molecule has 122 valence electrons. The monoisotopic (exact) mass is 325 g/mol. The van der Waals surface area contributed by atoms with Crippen LogP contribution >= 0.6 is 0 Å². The highest BCUT2D eigenvalue weighted by Crippen LogP contribution is 2.33. The summed E-state index contributed by atoms with van der Waals surface area (Å²) in [5.74, 6) is -0.945. The minimum Gasteiger partial charge on any atom is -0.480 e. The van der Waals surface area contributed by atoms with E-state index >= 15 is 0 Å². The molecule has 0 amide bonds. The minimum absolute atomic E-state index is 0.218. The van der Waals surface area contributed by atoms with Gasteiger partial charge in [-0.2, -0.15) is 0 Å². The third kappa shape index (κ3) is 3.12. The van der Waals surface area contributed by atoms with E-state index in [0.717, 1.165) is 5.69 Å². The summed E-state index contributed by atoms with van der Waals surface area (Å²) in [6, 6.07) is 14.1. The van der Waals surface area contributed by atoms with E-state index in [1.54, 1.807) is 19.2 Å². The summed E-state index contributed by atoms with van der Waals surface area (Å²) in [5, 5.41) is 13.1. The second-order valence-electron chi connectivity index (χ2n) is 5.40. The highest BCUT2D eigenvalue weighted by atomic mass is 19.1. The number of carboxylic acids is 1. The van der Waals surface area contributed by atoms with Gasteiger partial charge in [0.2, 0.25) is 0 Å². The van der Waals surface area contributed by atoms with Gasteiger partial charge in [-0.15, -0.1) is 0 Å². The van der Waals surface area contributed by atoms with E-state index in [9.17, 15) is 9.18 Å². The third-order valence-electron chi connectivity index (χ3n) is 3.63. The number of carboxylic acid groups (broad SMARTS) is 1. The van der Waals surface area contributed by atoms with Gasteiger partial charge in [-0.3, -0.25) is 4.79 Å². The molecule has 6 heteroatoms. The van der Waals surface area contributed by atoms with E-state index in [0.29, 0.717) is 22.3 Å². The van der Waals surface area contributed by atoms with Crippen molar-refractivity contribution in [2.45, 2.75) is 0 Å². The molecule has 3 rings (SSSR count). The van der Waals surface area contributed by atoms with Gasteiger partial charge < -0.3 is 15.3 Å². The Labute approximate surface area is 138 Å². The molecule has 0 saturated heterocycles. The van der Waals surface area contributed by atoms with E-state index in [-0.39, 0.29) is 6.54 Å². The minimum atomic E-state index is -0.977. The smallest absolute Gasteiger partial charge is 0.323 e. The number of nitrogens with zero attached hydrogens (tertiary/aromatic N) is 2. The van der Waals surface area contributed by atoms with Gasteiger partial charge in [0.05, 0.1) is 11.9 Å². The predicted molar refractivity (Wildman–Crippen MR) is 92.3 cm³/mol. The summed E-state index contributed by atoms with van der Waals surface area (Å²) in [7, 11) is 1.62. The van der Waals surface area contributed by atoms with Gasteiger partial charge in [0.1, 0.15) is 18.2 Å². The van der Waals surface area contributed by atoms with E-state index in [1.807, 2.05) is 30.3 Å². The van der Waals surface area contributed by atoms with Crippen LogP contribution in [-0.2, 0) is 4.79 Å². The average Bonchev–Trinajstić information content (AvgIpc) is 2.55. The average molecular weight is 325 g/mol. The quantitative estimate of drug-likeness (QED) is 0.750. The van der Waals surface area contributed by atoms with E-state index in [1.165, 1.54) is 17.2 Å². The van der Waals surface area contributed by atoms with Crippen LogP contribution in [0.3, 0.4) is 0 Å². The van der Waals surface area contributed by atoms with Crippen LogP contribution in [0.1, 0.15) is 0 Å². The summed E-state index contributed by atoms with van der Waals surface area (Å²) in [6.07, 6.45) is 1.52. The summed E-state index contributed by atoms with van der Waals surface area (Å²) >= 11 is 0. The summed E-state index contributed by atoms with van der Waals surface area (Å²) in [6.45, 7) is -0.218. The second-order valence-corrected chi connectivity index (χ2v) is 5.40. The van der Waals surface area contributed by atoms with Gasteiger partial charge in [0.15, 0.2) is 0 Å². The third-order valence-corrected chi connectivity index (χ3v) is 3.63. The first-order chi connectivity index (χ1) is 11.6. The van der Waals surface area contributed by atoms with Crippen LogP contribution < -0.4 is 10.2 Å². The normalized spacial score (nSPS) is 10.6. The highest BCUT2D eigenvalue weighted by Gasteiger charge is 2.16. The number of fused-ring (bicyclic) bond motifs is 1. The lowest BCUT2D eigenvalue weighted by Gasteiger charge is -2.19. The van der Waals surface area contributed by atoms with Crippen molar-refractivity contribution < 1.29 is 14.3 Å². The maximum absolute atomic E-state index is 14.5. The van der Waals surface area contributed by atoms with Crippen molar-refractivity contribution in [3.63, 3.8) is 0 Å². The lowest BCUT2D eigenvalue weighted by Crippen LogP contribution is -2.26. The number of anilines is 3. The number of nitrogens with one attached hydrogen (secondary N) is 1. The Morgan fingerprint density at radius 1 is 1.21 bits per heavy atom. The summed E-state index contributed by atoms with van der Waals surface area (Å²) in [5.41, 5.74) is 1.34. The maximum Gasteiger partial charge on any atom is 0.323 e. The molecular formula is C18H16FN3O2. The van der Waals surface area contributed by atoms with Gasteiger partial charge >= 0.3 is 5.97 Å². The zero-order valence-corrected chi connectivity index (χ0v) is 13.0. The number of halogens is 1. The summed E-state index contributed by atoms with van der Waals surface area (Å²) in [4.78, 5) is 16.8. The van der Waals surface area contributed by atoms with E-state index < -0.39 is 11.8 Å². The van der Waals surface area contributed by atoms with Crippen molar-refractivity contribution in [3.8, 4) is 0 Å². The lowest BCUT2D eigenvalue weighted by atomic mass is 10.1. The van der Waals surface area contributed by atoms with Crippen molar-refractivity contribution in [3.05, 3.63) is 60.5 Å². The van der Waals surface area contributed by atoms with Gasteiger partial charge in [0, 0.05) is 23.5 Å². The highest BCUT2D eigenvalue weighted by molar-refractivity contribution is 6.02. The number of hydrogen-bond acceptors (Lipinski definition) is 4. The Kier molecular flexibility index (Phi) is 4.29. The lowest BCUT2D eigenvalue weighted by molar-refractivity contribution is -0.135. The Hall–Kier alpha value is -3.15. The molecule has 0 fully saturated rings. The van der Waals surface area contributed by atoms with Crippen LogP contribution in [0.25, 0.3) is 10.8 Å². The van der Waals surface area contributed by atoms with Gasteiger partial charge in [-0.1, -0.05) is 30.3 Å². The molecule has 2 N–H and O–H groups in total. The molecule has 0 spiro atoms. The number of para-hydroxylation sites is 1. The number of pyridine rings is 1. The molecule has 5 nitrogen and oxygen atoms in total. The first-order valence-corrected chi connectivity index (χ1v) is 7.38. The molecule has 24 heavy (non-hydrogen) atoms. The Bertz CT molecular complexity index is 884. The van der Waals surface area contributed by atoms with Crippen LogP contribution in [0.15, 0.2) is 54.7 Å². The predicted octanol–water partition coefficient (Wildman–Crippen LogP) is 3.64. The Balaban J connectivity index is 2.11. The first kappa shape index (κ1) is 15.7. The molecular weight excluding hydrogens is 309 g/mol. The number of aromatic nitrogens is 1. The van der Waals surface area contributed by atoms with Crippen LogP contribution in [-0.4, -0.2) is 29.7 Å². The summed E-state index contributed by atoms with van der Waals surface area (Å²) < 4.78 is 14.5. The van der Waals surface area contributed by atoms with Crippen LogP contribution in [0, 0.1) is 5.82 Å². The first-order valence-electron chi connectivity index (χ1n) is 7.38. The van der Waals surface area contributed by atoms with Crippen LogP contribution in [0.2, 0.25) is 0 Å². The molecule has 1 heterocycles. The Morgan fingerprint density at radius 2 is 1.96 bits per heavy atom. The van der Waals surface area contributed by atoms with Crippen LogP contribution in [0.5, 0.6) is 0 Å². The van der Waals surface area contributed by atoms with Gasteiger partial charge in [0.25, 0.3) is 0 Å². The SMILES string of the molecule is CN(CC(=O)O)c1ncc(Nc2ccccc2)c2c(F)cccc12. The fraction of sp³-hybridized carbons (Fsp3) is 0.111. The zero-order chi connectivity index (χ0) is 17.1. The van der Waals surface area contributed by atoms with Crippen molar-refractivity contribution in [1.29, 1.82) is 0 Å². The van der Waals surface area contributed by atoms with Crippen molar-refractivity contribution in [1.82, 2.24) is 4.98 Å². The maximum atomic E-state index is 14.5. The van der Waals surface area contributed by atoms with Crippen molar-refractivity contribution in [2.24, 2.45) is 0 Å². The van der Waals surface area contributed by atoms with E-state index in [4.69, 9.17) is 5.11 Å². The second kappa shape index (κ2) is 6.54. The molecule has 0 aliphatic rings. The molecule has 0 aliphatic carbocycles. The zero-order valence-electron chi connectivity index (χ0n) is 13.0. The molecule has 0 bridgehead atoms.